The number of terminal acetylenes is 1. The first-order valence-electron chi connectivity index (χ1n) is 15.5. The van der Waals surface area contributed by atoms with Crippen molar-refractivity contribution in [1.82, 2.24) is 20.0 Å². The van der Waals surface area contributed by atoms with E-state index in [4.69, 9.17) is 11.4 Å². The van der Waals surface area contributed by atoms with Crippen LogP contribution in [0.5, 0.6) is 0 Å². The van der Waals surface area contributed by atoms with Crippen molar-refractivity contribution in [1.29, 1.82) is 0 Å². The van der Waals surface area contributed by atoms with Gasteiger partial charge in [0.25, 0.3) is 11.8 Å². The molecule has 1 fully saturated rings. The van der Waals surface area contributed by atoms with Gasteiger partial charge in [0.15, 0.2) is 5.17 Å². The Kier molecular flexibility index (Phi) is 16.9. The SMILES string of the molecule is C#CC/C=C(\C)S/C(=C1\SC(=Nc2cc(C(=O)NCCN(C)C)ccc2NCC)N(Cc2ccccc2)C1=O)N(C)/C=C/C.CC. The fourth-order valence-electron chi connectivity index (χ4n) is 4.19. The van der Waals surface area contributed by atoms with Crippen molar-refractivity contribution in [3.05, 3.63) is 92.8 Å². The minimum atomic E-state index is -0.172. The topological polar surface area (TPSA) is 80.3 Å². The van der Waals surface area contributed by atoms with Crippen molar-refractivity contribution in [2.75, 3.05) is 46.1 Å². The van der Waals surface area contributed by atoms with E-state index >= 15 is 0 Å². The highest BCUT2D eigenvalue weighted by Gasteiger charge is 2.37. The standard InChI is InChI=1S/C34H42N6O2S2.C2H6/c1-8-11-15-25(4)43-33(39(7)21-9-2)30-32(42)40(24-26-16-13-12-14-17-26)34(44-30)37-29-23-27(18-19-28(29)35-10-3)31(41)36-20-22-38(5)6;1-2/h1,9,12-19,21,23,35H,10-11,20,22,24H2,2-7H3,(H,36,41);1-2H3/b21-9+,25-15+,33-30-,37-34?;. The predicted octanol–water partition coefficient (Wildman–Crippen LogP) is 7.49. The summed E-state index contributed by atoms with van der Waals surface area (Å²) in [7, 11) is 5.85. The summed E-state index contributed by atoms with van der Waals surface area (Å²) in [6.45, 7) is 12.2. The van der Waals surface area contributed by atoms with Crippen LogP contribution in [0.4, 0.5) is 11.4 Å². The Hall–Kier alpha value is -3.91. The number of likely N-dealkylation sites (N-methyl/N-ethyl adjacent to an activating group) is 1. The first-order chi connectivity index (χ1) is 22.2. The summed E-state index contributed by atoms with van der Waals surface area (Å²) in [6.07, 6.45) is 11.8. The Morgan fingerprint density at radius 2 is 1.87 bits per heavy atom. The Morgan fingerprint density at radius 3 is 2.50 bits per heavy atom. The molecule has 0 aliphatic carbocycles. The molecule has 246 valence electrons. The Bertz CT molecular complexity index is 1480. The normalized spacial score (nSPS) is 15.1. The zero-order valence-electron chi connectivity index (χ0n) is 28.4. The number of anilines is 1. The molecule has 1 heterocycles. The number of thioether (sulfide) groups is 2. The van der Waals surface area contributed by atoms with E-state index in [0.29, 0.717) is 47.4 Å². The third-order valence-corrected chi connectivity index (χ3v) is 8.76. The quantitative estimate of drug-likeness (QED) is 0.161. The fourth-order valence-corrected chi connectivity index (χ4v) is 6.31. The minimum Gasteiger partial charge on any atom is -0.384 e. The Labute approximate surface area is 284 Å². The van der Waals surface area contributed by atoms with Crippen molar-refractivity contribution in [3.8, 4) is 12.3 Å². The summed E-state index contributed by atoms with van der Waals surface area (Å²) >= 11 is 2.84. The van der Waals surface area contributed by atoms with Gasteiger partial charge in [-0.05, 0) is 81.5 Å². The molecule has 0 spiro atoms. The molecule has 2 N–H and O–H groups in total. The smallest absolute Gasteiger partial charge is 0.269 e. The molecule has 0 radical (unpaired) electrons. The molecular weight excluding hydrogens is 613 g/mol. The molecule has 10 heteroatoms. The van der Waals surface area contributed by atoms with Crippen LogP contribution in [-0.2, 0) is 11.3 Å². The molecule has 0 bridgehead atoms. The van der Waals surface area contributed by atoms with Crippen LogP contribution in [0.25, 0.3) is 0 Å². The van der Waals surface area contributed by atoms with Gasteiger partial charge in [0.2, 0.25) is 0 Å². The van der Waals surface area contributed by atoms with Crippen LogP contribution in [0.15, 0.2) is 86.7 Å². The fraction of sp³-hybridized carbons (Fsp3) is 0.361. The number of hydrogen-bond donors (Lipinski definition) is 2. The van der Waals surface area contributed by atoms with Gasteiger partial charge in [-0.3, -0.25) is 14.5 Å². The molecule has 46 heavy (non-hydrogen) atoms. The molecular formula is C36H48N6O2S2. The van der Waals surface area contributed by atoms with E-state index in [-0.39, 0.29) is 11.8 Å². The third kappa shape index (κ3) is 11.5. The van der Waals surface area contributed by atoms with Gasteiger partial charge in [0.05, 0.1) is 22.9 Å². The molecule has 0 aromatic heterocycles. The average molecular weight is 661 g/mol. The zero-order valence-corrected chi connectivity index (χ0v) is 30.0. The molecule has 8 nitrogen and oxygen atoms in total. The molecule has 1 aliphatic rings. The van der Waals surface area contributed by atoms with Crippen molar-refractivity contribution < 1.29 is 9.59 Å². The van der Waals surface area contributed by atoms with Gasteiger partial charge in [-0.2, -0.15) is 0 Å². The Balaban J connectivity index is 0.00000361. The lowest BCUT2D eigenvalue weighted by Crippen LogP contribution is -2.31. The maximum absolute atomic E-state index is 14.2. The number of benzene rings is 2. The first kappa shape index (κ1) is 38.3. The van der Waals surface area contributed by atoms with Crippen LogP contribution in [0, 0.1) is 12.3 Å². The third-order valence-electron chi connectivity index (χ3n) is 6.39. The Morgan fingerprint density at radius 1 is 1.15 bits per heavy atom. The van der Waals surface area contributed by atoms with Crippen molar-refractivity contribution in [2.24, 2.45) is 4.99 Å². The first-order valence-corrected chi connectivity index (χ1v) is 17.1. The van der Waals surface area contributed by atoms with Crippen molar-refractivity contribution >= 4 is 51.9 Å². The molecule has 2 amide bonds. The lowest BCUT2D eigenvalue weighted by Gasteiger charge is -2.20. The molecule has 1 saturated heterocycles. The lowest BCUT2D eigenvalue weighted by atomic mass is 10.1. The monoisotopic (exact) mass is 660 g/mol. The van der Waals surface area contributed by atoms with E-state index in [2.05, 4.69) is 16.6 Å². The molecule has 1 aliphatic heterocycles. The summed E-state index contributed by atoms with van der Waals surface area (Å²) in [5.74, 6) is 2.34. The summed E-state index contributed by atoms with van der Waals surface area (Å²) in [5, 5.41) is 7.64. The van der Waals surface area contributed by atoms with Gasteiger partial charge < -0.3 is 20.4 Å². The van der Waals surface area contributed by atoms with E-state index in [1.165, 1.54) is 23.5 Å². The van der Waals surface area contributed by atoms with Crippen molar-refractivity contribution in [3.63, 3.8) is 0 Å². The number of nitrogens with zero attached hydrogens (tertiary/aromatic N) is 4. The highest BCUT2D eigenvalue weighted by molar-refractivity contribution is 8.19. The number of nitrogens with one attached hydrogen (secondary N) is 2. The maximum atomic E-state index is 14.2. The lowest BCUT2D eigenvalue weighted by molar-refractivity contribution is -0.122. The minimum absolute atomic E-state index is 0.135. The van der Waals surface area contributed by atoms with Crippen LogP contribution >= 0.6 is 23.5 Å². The highest BCUT2D eigenvalue weighted by atomic mass is 32.2. The van der Waals surface area contributed by atoms with Crippen molar-refractivity contribution in [2.45, 2.75) is 47.6 Å². The van der Waals surface area contributed by atoms with Gasteiger partial charge in [0.1, 0.15) is 4.91 Å². The van der Waals surface area contributed by atoms with E-state index in [1.54, 1.807) is 17.0 Å². The van der Waals surface area contributed by atoms with E-state index in [0.717, 1.165) is 27.7 Å². The van der Waals surface area contributed by atoms with E-state index < -0.39 is 0 Å². The summed E-state index contributed by atoms with van der Waals surface area (Å²) in [4.78, 5) is 39.4. The maximum Gasteiger partial charge on any atom is 0.269 e. The second-order valence-corrected chi connectivity index (χ2v) is 12.5. The van der Waals surface area contributed by atoms with E-state index in [9.17, 15) is 9.59 Å². The largest absolute Gasteiger partial charge is 0.384 e. The number of carbonyl (C=O) groups excluding carboxylic acids is 2. The van der Waals surface area contributed by atoms with Gasteiger partial charge in [0, 0.05) is 38.7 Å². The van der Waals surface area contributed by atoms with Crippen LogP contribution in [-0.4, -0.2) is 72.5 Å². The number of allylic oxidation sites excluding steroid dienone is 3. The number of hydrogen-bond acceptors (Lipinski definition) is 8. The molecule has 0 unspecified atom stereocenters. The summed E-state index contributed by atoms with van der Waals surface area (Å²) in [5.41, 5.74) is 2.85. The van der Waals surface area contributed by atoms with Gasteiger partial charge in [-0.15, -0.1) is 12.3 Å². The molecule has 3 rings (SSSR count). The number of amides is 2. The number of carbonyl (C=O) groups is 2. The molecule has 2 aromatic carbocycles. The highest BCUT2D eigenvalue weighted by Crippen LogP contribution is 2.42. The van der Waals surface area contributed by atoms with Gasteiger partial charge >= 0.3 is 0 Å². The predicted molar refractivity (Wildman–Crippen MR) is 199 cm³/mol. The summed E-state index contributed by atoms with van der Waals surface area (Å²) in [6, 6.07) is 15.3. The average Bonchev–Trinajstić information content (AvgIpc) is 3.34. The second kappa shape index (κ2) is 20.3. The number of rotatable bonds is 14. The summed E-state index contributed by atoms with van der Waals surface area (Å²) < 4.78 is 0. The molecule has 0 saturated carbocycles. The van der Waals surface area contributed by atoms with Gasteiger partial charge in [-0.1, -0.05) is 68.1 Å². The van der Waals surface area contributed by atoms with Crippen LogP contribution in [0.2, 0.25) is 0 Å². The number of amidine groups is 1. The van der Waals surface area contributed by atoms with Crippen LogP contribution in [0.1, 0.15) is 57.0 Å². The molecule has 0 atom stereocenters. The van der Waals surface area contributed by atoms with Crippen LogP contribution < -0.4 is 10.6 Å². The van der Waals surface area contributed by atoms with E-state index in [1.807, 2.05) is 120 Å². The zero-order chi connectivity index (χ0) is 34.1. The molecule has 2 aromatic rings. The second-order valence-electron chi connectivity index (χ2n) is 10.2. The van der Waals surface area contributed by atoms with Gasteiger partial charge in [-0.25, -0.2) is 4.99 Å². The van der Waals surface area contributed by atoms with Crippen LogP contribution in [0.3, 0.4) is 0 Å². The number of aliphatic imine (C=N–C) groups is 1.